The summed E-state index contributed by atoms with van der Waals surface area (Å²) in [4.78, 5) is 4.54. The molecule has 0 atom stereocenters. The van der Waals surface area contributed by atoms with Crippen molar-refractivity contribution in [2.24, 2.45) is 4.99 Å². The average Bonchev–Trinajstić information content (AvgIpc) is 2.37. The fraction of sp³-hybridized carbons (Fsp3) is 0.933. The fourth-order valence-corrected chi connectivity index (χ4v) is 1.67. The van der Waals surface area contributed by atoms with E-state index < -0.39 is 0 Å². The van der Waals surface area contributed by atoms with Gasteiger partial charge < -0.3 is 15.4 Å². The molecule has 0 unspecified atom stereocenters. The predicted molar refractivity (Wildman–Crippen MR) is 99.2 cm³/mol. The van der Waals surface area contributed by atoms with E-state index in [2.05, 4.69) is 43.3 Å². The Morgan fingerprint density at radius 2 is 1.80 bits per heavy atom. The largest absolute Gasteiger partial charge is 0.379 e. The first-order chi connectivity index (χ1) is 9.20. The summed E-state index contributed by atoms with van der Waals surface area (Å²) >= 11 is 0. The fourth-order valence-electron chi connectivity index (χ4n) is 1.67. The Kier molecular flexibility index (Phi) is 18.9. The highest BCUT2D eigenvalue weighted by atomic mass is 127. The maximum Gasteiger partial charge on any atom is 0.191 e. The van der Waals surface area contributed by atoms with Gasteiger partial charge in [0.2, 0.25) is 0 Å². The SMILES string of the molecule is CCCCCCNC(=NCCCOC(C)C)NCC.I. The zero-order valence-electron chi connectivity index (χ0n) is 13.7. The molecule has 2 N–H and O–H groups in total. The Labute approximate surface area is 142 Å². The van der Waals surface area contributed by atoms with Gasteiger partial charge in [-0.05, 0) is 33.6 Å². The maximum absolute atomic E-state index is 5.50. The Morgan fingerprint density at radius 3 is 2.40 bits per heavy atom. The Balaban J connectivity index is 0. The molecule has 0 aliphatic rings. The van der Waals surface area contributed by atoms with Crippen LogP contribution >= 0.6 is 24.0 Å². The van der Waals surface area contributed by atoms with Gasteiger partial charge in [0.1, 0.15) is 0 Å². The molecule has 0 aromatic rings. The first-order valence-corrected chi connectivity index (χ1v) is 7.84. The highest BCUT2D eigenvalue weighted by Gasteiger charge is 1.97. The second-order valence-electron chi connectivity index (χ2n) is 5.02. The van der Waals surface area contributed by atoms with Gasteiger partial charge in [0.05, 0.1) is 6.10 Å². The molecule has 0 aliphatic carbocycles. The van der Waals surface area contributed by atoms with Crippen molar-refractivity contribution in [2.75, 3.05) is 26.2 Å². The molecule has 0 aromatic carbocycles. The lowest BCUT2D eigenvalue weighted by Crippen LogP contribution is -2.37. The van der Waals surface area contributed by atoms with E-state index in [1.54, 1.807) is 0 Å². The molecule has 0 bridgehead atoms. The predicted octanol–water partition coefficient (Wildman–Crippen LogP) is 3.55. The van der Waals surface area contributed by atoms with Crippen LogP contribution < -0.4 is 10.6 Å². The van der Waals surface area contributed by atoms with Crippen LogP contribution in [0, 0.1) is 0 Å². The summed E-state index contributed by atoms with van der Waals surface area (Å²) in [6.07, 6.45) is 6.41. The summed E-state index contributed by atoms with van der Waals surface area (Å²) in [6, 6.07) is 0. The standard InChI is InChI=1S/C15H33N3O.HI/c1-5-7-8-9-11-17-15(16-6-2)18-12-10-13-19-14(3)4;/h14H,5-13H2,1-4H3,(H2,16,17,18);1H. The van der Waals surface area contributed by atoms with Crippen LogP contribution in [0.2, 0.25) is 0 Å². The molecule has 0 heterocycles. The number of guanidine groups is 1. The summed E-state index contributed by atoms with van der Waals surface area (Å²) in [6.45, 7) is 12.0. The topological polar surface area (TPSA) is 45.7 Å². The van der Waals surface area contributed by atoms with Crippen molar-refractivity contribution in [1.29, 1.82) is 0 Å². The highest BCUT2D eigenvalue weighted by Crippen LogP contribution is 1.97. The van der Waals surface area contributed by atoms with Crippen LogP contribution in [-0.4, -0.2) is 38.3 Å². The molecule has 0 aromatic heterocycles. The van der Waals surface area contributed by atoms with Crippen molar-refractivity contribution in [3.63, 3.8) is 0 Å². The summed E-state index contributed by atoms with van der Waals surface area (Å²) in [5, 5.41) is 6.65. The van der Waals surface area contributed by atoms with Crippen LogP contribution in [-0.2, 0) is 4.74 Å². The molecule has 122 valence electrons. The van der Waals surface area contributed by atoms with Gasteiger partial charge in [-0.2, -0.15) is 0 Å². The average molecular weight is 399 g/mol. The summed E-state index contributed by atoms with van der Waals surface area (Å²) in [5.41, 5.74) is 0. The van der Waals surface area contributed by atoms with Gasteiger partial charge in [-0.1, -0.05) is 26.2 Å². The van der Waals surface area contributed by atoms with Crippen LogP contribution in [0.3, 0.4) is 0 Å². The van der Waals surface area contributed by atoms with E-state index in [1.807, 2.05) is 0 Å². The molecular formula is C15H34IN3O. The number of rotatable bonds is 11. The quantitative estimate of drug-likeness (QED) is 0.242. The number of hydrogen-bond acceptors (Lipinski definition) is 2. The van der Waals surface area contributed by atoms with E-state index in [9.17, 15) is 0 Å². The van der Waals surface area contributed by atoms with Crippen molar-refractivity contribution in [3.05, 3.63) is 0 Å². The van der Waals surface area contributed by atoms with Crippen molar-refractivity contribution in [2.45, 2.75) is 65.9 Å². The lowest BCUT2D eigenvalue weighted by molar-refractivity contribution is 0.0782. The molecule has 4 nitrogen and oxygen atoms in total. The molecule has 0 amide bonds. The molecule has 5 heteroatoms. The van der Waals surface area contributed by atoms with Gasteiger partial charge in [0.15, 0.2) is 5.96 Å². The second kappa shape index (κ2) is 17.0. The van der Waals surface area contributed by atoms with Gasteiger partial charge in [0, 0.05) is 26.2 Å². The van der Waals surface area contributed by atoms with Crippen LogP contribution in [0.15, 0.2) is 4.99 Å². The zero-order chi connectivity index (χ0) is 14.3. The first-order valence-electron chi connectivity index (χ1n) is 7.84. The molecule has 0 radical (unpaired) electrons. The second-order valence-corrected chi connectivity index (χ2v) is 5.02. The van der Waals surface area contributed by atoms with Crippen molar-refractivity contribution in [3.8, 4) is 0 Å². The number of hydrogen-bond donors (Lipinski definition) is 2. The molecule has 0 fully saturated rings. The molecule has 0 aliphatic heterocycles. The van der Waals surface area contributed by atoms with E-state index in [1.165, 1.54) is 25.7 Å². The lowest BCUT2D eigenvalue weighted by atomic mass is 10.2. The summed E-state index contributed by atoms with van der Waals surface area (Å²) < 4.78 is 5.50. The minimum atomic E-state index is 0. The number of unbranched alkanes of at least 4 members (excludes halogenated alkanes) is 3. The molecule has 0 saturated heterocycles. The van der Waals surface area contributed by atoms with E-state index in [4.69, 9.17) is 4.74 Å². The molecule has 0 spiro atoms. The minimum absolute atomic E-state index is 0. The van der Waals surface area contributed by atoms with E-state index in [0.717, 1.165) is 38.6 Å². The first kappa shape index (κ1) is 22.2. The third-order valence-corrected chi connectivity index (χ3v) is 2.69. The number of halogens is 1. The smallest absolute Gasteiger partial charge is 0.191 e. The number of nitrogens with one attached hydrogen (secondary N) is 2. The van der Waals surface area contributed by atoms with Crippen molar-refractivity contribution in [1.82, 2.24) is 10.6 Å². The summed E-state index contributed by atoms with van der Waals surface area (Å²) in [5.74, 6) is 0.934. The van der Waals surface area contributed by atoms with Gasteiger partial charge >= 0.3 is 0 Å². The molecule has 0 saturated carbocycles. The van der Waals surface area contributed by atoms with E-state index >= 15 is 0 Å². The van der Waals surface area contributed by atoms with Crippen LogP contribution in [0.4, 0.5) is 0 Å². The Hall–Kier alpha value is -0.0400. The zero-order valence-corrected chi connectivity index (χ0v) is 16.0. The number of aliphatic imine (C=N–C) groups is 1. The molecular weight excluding hydrogens is 365 g/mol. The molecule has 20 heavy (non-hydrogen) atoms. The normalized spacial score (nSPS) is 11.3. The van der Waals surface area contributed by atoms with Gasteiger partial charge in [0.25, 0.3) is 0 Å². The lowest BCUT2D eigenvalue weighted by Gasteiger charge is -2.11. The number of ether oxygens (including phenoxy) is 1. The van der Waals surface area contributed by atoms with Crippen molar-refractivity contribution >= 4 is 29.9 Å². The third kappa shape index (κ3) is 16.0. The monoisotopic (exact) mass is 399 g/mol. The highest BCUT2D eigenvalue weighted by molar-refractivity contribution is 14.0. The van der Waals surface area contributed by atoms with Crippen LogP contribution in [0.1, 0.15) is 59.8 Å². The summed E-state index contributed by atoms with van der Waals surface area (Å²) in [7, 11) is 0. The minimum Gasteiger partial charge on any atom is -0.379 e. The van der Waals surface area contributed by atoms with Gasteiger partial charge in [-0.3, -0.25) is 4.99 Å². The van der Waals surface area contributed by atoms with E-state index in [0.29, 0.717) is 6.10 Å². The Morgan fingerprint density at radius 1 is 1.05 bits per heavy atom. The van der Waals surface area contributed by atoms with E-state index in [-0.39, 0.29) is 24.0 Å². The van der Waals surface area contributed by atoms with Gasteiger partial charge in [-0.15, -0.1) is 24.0 Å². The molecule has 0 rings (SSSR count). The Bertz CT molecular complexity index is 223. The maximum atomic E-state index is 5.50. The third-order valence-electron chi connectivity index (χ3n) is 2.69. The van der Waals surface area contributed by atoms with Crippen LogP contribution in [0.25, 0.3) is 0 Å². The van der Waals surface area contributed by atoms with Crippen LogP contribution in [0.5, 0.6) is 0 Å². The van der Waals surface area contributed by atoms with Crippen molar-refractivity contribution < 1.29 is 4.74 Å². The number of nitrogens with zero attached hydrogens (tertiary/aromatic N) is 1. The van der Waals surface area contributed by atoms with Gasteiger partial charge in [-0.25, -0.2) is 0 Å².